The molecule has 21 nitrogen and oxygen atoms in total. The summed E-state index contributed by atoms with van der Waals surface area (Å²) in [4.78, 5) is 113. The molecule has 1 aliphatic rings. The molecule has 1 saturated heterocycles. The average Bonchev–Trinajstić information content (AvgIpc) is 3.24. The molecule has 0 bridgehead atoms. The number of nitrogens with two attached hydrogens (primary N) is 2. The Morgan fingerprint density at radius 3 is 1.92 bits per heavy atom. The molecule has 1 heterocycles. The van der Waals surface area contributed by atoms with Crippen LogP contribution in [0.25, 0.3) is 10.8 Å². The second-order valence-electron chi connectivity index (χ2n) is 14.5. The van der Waals surface area contributed by atoms with Gasteiger partial charge in [-0.15, -0.1) is 0 Å². The van der Waals surface area contributed by atoms with Crippen LogP contribution in [0, 0.1) is 5.92 Å². The molecule has 334 valence electrons. The van der Waals surface area contributed by atoms with Crippen LogP contribution in [0.15, 0.2) is 42.5 Å². The zero-order valence-electron chi connectivity index (χ0n) is 33.5. The van der Waals surface area contributed by atoms with Gasteiger partial charge < -0.3 is 63.6 Å². The minimum absolute atomic E-state index is 0.0782. The third-order valence-electron chi connectivity index (χ3n) is 10.0. The first kappa shape index (κ1) is 49.4. The molecule has 22 heteroatoms. The van der Waals surface area contributed by atoms with Crippen LogP contribution in [0.3, 0.4) is 0 Å². The quantitative estimate of drug-likeness (QED) is 0.0413. The Labute approximate surface area is 356 Å². The summed E-state index contributed by atoms with van der Waals surface area (Å²) >= 11 is 3.87. The topological polar surface area (TPSA) is 342 Å². The number of benzene rings is 2. The Morgan fingerprint density at radius 2 is 1.33 bits per heavy atom. The zero-order valence-corrected chi connectivity index (χ0v) is 34.4. The van der Waals surface area contributed by atoms with Crippen LogP contribution in [-0.2, 0) is 44.8 Å². The van der Waals surface area contributed by atoms with Crippen molar-refractivity contribution in [3.05, 3.63) is 48.0 Å². The molecule has 0 spiro atoms. The Kier molecular flexibility index (Phi) is 20.2. The molecule has 2 aromatic rings. The normalized spacial score (nSPS) is 15.2. The van der Waals surface area contributed by atoms with E-state index in [4.69, 9.17) is 16.6 Å². The number of likely N-dealkylation sites (tertiary alicyclic amines) is 1. The SMILES string of the molecule is NCC(NC(=O)CS)C(=O)NC(CN)C(=O)N1CCC(C(=O)NC(Cc2ccc3ccccc3c2)C(=O)NCCCCC(NC(=O)NC(CCC(=O)O)C(=O)O)C(=O)O)CC1. The maximum absolute atomic E-state index is 13.6. The minimum Gasteiger partial charge on any atom is -0.481 e. The van der Waals surface area contributed by atoms with Crippen molar-refractivity contribution in [3.8, 4) is 0 Å². The van der Waals surface area contributed by atoms with Crippen LogP contribution in [0.1, 0.15) is 50.5 Å². The molecule has 13 N–H and O–H groups in total. The van der Waals surface area contributed by atoms with Crippen molar-refractivity contribution in [2.45, 2.75) is 81.6 Å². The van der Waals surface area contributed by atoms with E-state index in [1.165, 1.54) is 4.90 Å². The smallest absolute Gasteiger partial charge is 0.326 e. The molecule has 7 amide bonds. The standard InChI is InChI=1S/C39H55N9O12S/c40-19-29(43-31(49)21-61)35(54)45-30(20-41)36(55)48-15-12-24(13-16-48)33(52)44-28(18-22-8-9-23-5-1-2-6-25(23)17-22)34(53)42-14-4-3-7-26(37(56)57)46-39(60)47-27(38(58)59)10-11-32(50)51/h1-2,5-6,8-9,17,24,26-30,61H,3-4,7,10-16,18-21,40-41H2,(H,42,53)(H,43,49)(H,44,52)(H,45,54)(H,50,51)(H,56,57)(H,58,59)(H2,46,47,60). The van der Waals surface area contributed by atoms with Gasteiger partial charge in [0.05, 0.1) is 5.75 Å². The first-order valence-electron chi connectivity index (χ1n) is 19.8. The minimum atomic E-state index is -1.55. The lowest BCUT2D eigenvalue weighted by Gasteiger charge is -2.34. The van der Waals surface area contributed by atoms with Crippen molar-refractivity contribution in [2.24, 2.45) is 17.4 Å². The van der Waals surface area contributed by atoms with E-state index in [9.17, 15) is 53.4 Å². The molecular formula is C39H55N9O12S. The number of aliphatic carboxylic acids is 3. The third kappa shape index (κ3) is 16.2. The number of amides is 7. The van der Waals surface area contributed by atoms with Crippen LogP contribution in [0.4, 0.5) is 4.79 Å². The van der Waals surface area contributed by atoms with E-state index in [-0.39, 0.29) is 77.0 Å². The van der Waals surface area contributed by atoms with E-state index in [1.807, 2.05) is 42.5 Å². The molecule has 2 aromatic carbocycles. The van der Waals surface area contributed by atoms with Gasteiger partial charge in [-0.3, -0.25) is 28.8 Å². The summed E-state index contributed by atoms with van der Waals surface area (Å²) in [6.07, 6.45) is 0.129. The number of nitrogens with zero attached hydrogens (tertiary/aromatic N) is 1. The fraction of sp³-hybridized carbons (Fsp3) is 0.513. The Balaban J connectivity index is 1.59. The van der Waals surface area contributed by atoms with Gasteiger partial charge in [-0.05, 0) is 54.9 Å². The van der Waals surface area contributed by atoms with Gasteiger partial charge >= 0.3 is 23.9 Å². The van der Waals surface area contributed by atoms with Crippen molar-refractivity contribution in [2.75, 3.05) is 38.5 Å². The van der Waals surface area contributed by atoms with Gasteiger partial charge in [0, 0.05) is 51.5 Å². The predicted molar refractivity (Wildman–Crippen MR) is 223 cm³/mol. The zero-order chi connectivity index (χ0) is 45.1. The Hall–Kier alpha value is -6.00. The number of fused-ring (bicyclic) bond motifs is 1. The van der Waals surface area contributed by atoms with Gasteiger partial charge in [0.2, 0.25) is 29.5 Å². The highest BCUT2D eigenvalue weighted by Gasteiger charge is 2.34. The summed E-state index contributed by atoms with van der Waals surface area (Å²) in [5.74, 6) is -7.41. The van der Waals surface area contributed by atoms with Gasteiger partial charge in [-0.2, -0.15) is 12.6 Å². The Bertz CT molecular complexity index is 1890. The highest BCUT2D eigenvalue weighted by molar-refractivity contribution is 7.81. The number of carboxylic acids is 3. The fourth-order valence-corrected chi connectivity index (χ4v) is 6.69. The molecule has 0 aliphatic carbocycles. The van der Waals surface area contributed by atoms with E-state index in [1.54, 1.807) is 0 Å². The van der Waals surface area contributed by atoms with Crippen molar-refractivity contribution in [1.82, 2.24) is 36.8 Å². The van der Waals surface area contributed by atoms with Crippen LogP contribution < -0.4 is 43.4 Å². The van der Waals surface area contributed by atoms with Crippen molar-refractivity contribution < 1.29 is 58.5 Å². The summed E-state index contributed by atoms with van der Waals surface area (Å²) in [6.45, 7) is -0.0241. The number of carboxylic acid groups (broad SMARTS) is 3. The number of carbonyl (C=O) groups is 9. The number of hydrogen-bond acceptors (Lipinski definition) is 12. The number of hydrogen-bond donors (Lipinski definition) is 12. The molecular weight excluding hydrogens is 819 g/mol. The molecule has 0 saturated carbocycles. The van der Waals surface area contributed by atoms with Gasteiger partial charge in [-0.25, -0.2) is 14.4 Å². The first-order chi connectivity index (χ1) is 29.1. The average molecular weight is 874 g/mol. The number of carbonyl (C=O) groups excluding carboxylic acids is 6. The summed E-state index contributed by atoms with van der Waals surface area (Å²) in [5, 5.41) is 44.5. The van der Waals surface area contributed by atoms with Crippen LogP contribution in [0.5, 0.6) is 0 Å². The number of thiol groups is 1. The fourth-order valence-electron chi connectivity index (χ4n) is 6.60. The maximum atomic E-state index is 13.6. The first-order valence-corrected chi connectivity index (χ1v) is 20.4. The number of piperidine rings is 1. The van der Waals surface area contributed by atoms with Crippen LogP contribution in [0.2, 0.25) is 0 Å². The van der Waals surface area contributed by atoms with Crippen LogP contribution >= 0.6 is 12.6 Å². The number of nitrogens with one attached hydrogen (secondary N) is 6. The highest BCUT2D eigenvalue weighted by atomic mass is 32.1. The second-order valence-corrected chi connectivity index (χ2v) is 14.8. The van der Waals surface area contributed by atoms with Crippen LogP contribution in [-0.4, -0.2) is 142 Å². The van der Waals surface area contributed by atoms with Gasteiger partial charge in [0.15, 0.2) is 0 Å². The summed E-state index contributed by atoms with van der Waals surface area (Å²) < 4.78 is 0. The van der Waals surface area contributed by atoms with E-state index >= 15 is 0 Å². The predicted octanol–water partition coefficient (Wildman–Crippen LogP) is -1.72. The molecule has 61 heavy (non-hydrogen) atoms. The number of unbranched alkanes of at least 4 members (excludes halogenated alkanes) is 1. The third-order valence-corrected chi connectivity index (χ3v) is 10.3. The lowest BCUT2D eigenvalue weighted by Crippen LogP contribution is -2.59. The van der Waals surface area contributed by atoms with Crippen molar-refractivity contribution in [3.63, 3.8) is 0 Å². The van der Waals surface area contributed by atoms with Crippen molar-refractivity contribution >= 4 is 76.9 Å². The molecule has 0 radical (unpaired) electrons. The number of rotatable bonds is 24. The van der Waals surface area contributed by atoms with Gasteiger partial charge in [0.1, 0.15) is 30.2 Å². The van der Waals surface area contributed by atoms with E-state index < -0.39 is 102 Å². The molecule has 1 fully saturated rings. The monoisotopic (exact) mass is 873 g/mol. The summed E-state index contributed by atoms with van der Waals surface area (Å²) in [7, 11) is 0. The maximum Gasteiger partial charge on any atom is 0.326 e. The van der Waals surface area contributed by atoms with Gasteiger partial charge in [0.25, 0.3) is 0 Å². The molecule has 5 unspecified atom stereocenters. The lowest BCUT2D eigenvalue weighted by molar-refractivity contribution is -0.141. The molecule has 0 aromatic heterocycles. The molecule has 5 atom stereocenters. The summed E-state index contributed by atoms with van der Waals surface area (Å²) in [6, 6.07) is 6.07. The van der Waals surface area contributed by atoms with E-state index in [2.05, 4.69) is 44.5 Å². The van der Waals surface area contributed by atoms with Gasteiger partial charge in [-0.1, -0.05) is 42.5 Å². The second kappa shape index (κ2) is 24.9. The largest absolute Gasteiger partial charge is 0.481 e. The van der Waals surface area contributed by atoms with E-state index in [0.29, 0.717) is 0 Å². The molecule has 3 rings (SSSR count). The molecule has 1 aliphatic heterocycles. The van der Waals surface area contributed by atoms with E-state index in [0.717, 1.165) is 16.3 Å². The number of urea groups is 1. The highest BCUT2D eigenvalue weighted by Crippen LogP contribution is 2.20. The lowest BCUT2D eigenvalue weighted by atomic mass is 9.94. The van der Waals surface area contributed by atoms with Crippen molar-refractivity contribution in [1.29, 1.82) is 0 Å². The summed E-state index contributed by atoms with van der Waals surface area (Å²) in [5.41, 5.74) is 12.2. The Morgan fingerprint density at radius 1 is 0.705 bits per heavy atom.